The Morgan fingerprint density at radius 3 is 2.64 bits per heavy atom. The third-order valence-corrected chi connectivity index (χ3v) is 5.44. The molecule has 1 aliphatic carbocycles. The van der Waals surface area contributed by atoms with Crippen molar-refractivity contribution >= 4 is 16.7 Å². The molecule has 2 atom stereocenters. The molecule has 0 amide bonds. The van der Waals surface area contributed by atoms with E-state index in [1.54, 1.807) is 0 Å². The molecule has 2 fully saturated rings. The van der Waals surface area contributed by atoms with Crippen LogP contribution in [0, 0.1) is 5.92 Å². The monoisotopic (exact) mass is 292 g/mol. The van der Waals surface area contributed by atoms with Gasteiger partial charge in [-0.15, -0.1) is 0 Å². The van der Waals surface area contributed by atoms with Gasteiger partial charge in [0.1, 0.15) is 11.0 Å². The molecule has 2 nitrogen and oxygen atoms in total. The number of rotatable bonds is 1. The molecule has 1 saturated heterocycles. The molecule has 2 aromatic rings. The lowest BCUT2D eigenvalue weighted by Gasteiger charge is -2.29. The highest BCUT2D eigenvalue weighted by molar-refractivity contribution is 5.91. The maximum Gasteiger partial charge on any atom is 0.317 e. The smallest absolute Gasteiger partial charge is 0.317 e. The van der Waals surface area contributed by atoms with Crippen LogP contribution >= 0.6 is 0 Å². The number of esters is 1. The number of cyclic esters (lactones) is 1. The topological polar surface area (TPSA) is 26.3 Å². The number of hydrogen-bond acceptors (Lipinski definition) is 2. The van der Waals surface area contributed by atoms with Crippen LogP contribution in [0.25, 0.3) is 10.8 Å². The molecule has 1 saturated carbocycles. The fourth-order valence-corrected chi connectivity index (χ4v) is 4.40. The molecular formula is C20H20O2. The molecule has 2 heteroatoms. The zero-order valence-electron chi connectivity index (χ0n) is 13.1. The van der Waals surface area contributed by atoms with E-state index >= 15 is 0 Å². The first-order valence-electron chi connectivity index (χ1n) is 7.83. The summed E-state index contributed by atoms with van der Waals surface area (Å²) in [5.74, 6) is 0.0811. The summed E-state index contributed by atoms with van der Waals surface area (Å²) in [7, 11) is 0. The van der Waals surface area contributed by atoms with Gasteiger partial charge in [0.15, 0.2) is 0 Å². The molecule has 1 heterocycles. The molecule has 0 unspecified atom stereocenters. The van der Waals surface area contributed by atoms with Crippen LogP contribution in [-0.4, -0.2) is 11.6 Å². The van der Waals surface area contributed by atoms with E-state index in [0.717, 1.165) is 17.6 Å². The molecule has 22 heavy (non-hydrogen) atoms. The summed E-state index contributed by atoms with van der Waals surface area (Å²) in [5, 5.41) is 2.37. The Kier molecular flexibility index (Phi) is 2.60. The van der Waals surface area contributed by atoms with Crippen molar-refractivity contribution in [1.82, 2.24) is 0 Å². The van der Waals surface area contributed by atoms with E-state index < -0.39 is 11.0 Å². The average molecular weight is 292 g/mol. The van der Waals surface area contributed by atoms with Crippen molar-refractivity contribution in [2.75, 3.05) is 0 Å². The normalized spacial score (nSPS) is 29.6. The summed E-state index contributed by atoms with van der Waals surface area (Å²) in [5.41, 5.74) is 1.25. The van der Waals surface area contributed by atoms with E-state index in [9.17, 15) is 4.79 Å². The van der Waals surface area contributed by atoms with E-state index in [2.05, 4.69) is 36.9 Å². The average Bonchev–Trinajstić information content (AvgIpc) is 2.93. The highest BCUT2D eigenvalue weighted by atomic mass is 16.6. The van der Waals surface area contributed by atoms with Crippen molar-refractivity contribution in [3.05, 3.63) is 60.2 Å². The van der Waals surface area contributed by atoms with E-state index in [1.165, 1.54) is 10.8 Å². The molecule has 112 valence electrons. The highest BCUT2D eigenvalue weighted by Crippen LogP contribution is 2.58. The maximum atomic E-state index is 12.8. The molecule has 0 bridgehead atoms. The van der Waals surface area contributed by atoms with E-state index in [1.807, 2.05) is 26.0 Å². The van der Waals surface area contributed by atoms with Gasteiger partial charge in [0, 0.05) is 5.92 Å². The Hall–Kier alpha value is -2.09. The summed E-state index contributed by atoms with van der Waals surface area (Å²) in [6, 6.07) is 14.6. The van der Waals surface area contributed by atoms with E-state index in [-0.39, 0.29) is 11.9 Å². The SMILES string of the molecule is C=C1C[C@@H]2C(C)(C)OC(=O)[C@@]2(c2ccc3ccccc3c2)C1. The van der Waals surface area contributed by atoms with Crippen molar-refractivity contribution in [2.45, 2.75) is 37.7 Å². The van der Waals surface area contributed by atoms with Gasteiger partial charge < -0.3 is 4.74 Å². The van der Waals surface area contributed by atoms with Gasteiger partial charge >= 0.3 is 5.97 Å². The highest BCUT2D eigenvalue weighted by Gasteiger charge is 2.64. The van der Waals surface area contributed by atoms with Crippen LogP contribution in [0.15, 0.2) is 54.6 Å². The zero-order valence-corrected chi connectivity index (χ0v) is 13.1. The summed E-state index contributed by atoms with van der Waals surface area (Å²) >= 11 is 0. The lowest BCUT2D eigenvalue weighted by molar-refractivity contribution is -0.150. The largest absolute Gasteiger partial charge is 0.459 e. The van der Waals surface area contributed by atoms with Crippen molar-refractivity contribution in [1.29, 1.82) is 0 Å². The third-order valence-electron chi connectivity index (χ3n) is 5.44. The van der Waals surface area contributed by atoms with Gasteiger partial charge in [-0.3, -0.25) is 4.79 Å². The van der Waals surface area contributed by atoms with Gasteiger partial charge in [-0.2, -0.15) is 0 Å². The summed E-state index contributed by atoms with van der Waals surface area (Å²) in [6.07, 6.45) is 1.57. The van der Waals surface area contributed by atoms with Crippen molar-refractivity contribution in [3.8, 4) is 0 Å². The third kappa shape index (κ3) is 1.64. The molecule has 0 aromatic heterocycles. The van der Waals surface area contributed by atoms with E-state index in [0.29, 0.717) is 6.42 Å². The minimum atomic E-state index is -0.551. The fourth-order valence-electron chi connectivity index (χ4n) is 4.40. The summed E-state index contributed by atoms with van der Waals surface area (Å²) in [4.78, 5) is 12.8. The Balaban J connectivity index is 1.94. The van der Waals surface area contributed by atoms with Crippen LogP contribution in [0.3, 0.4) is 0 Å². The van der Waals surface area contributed by atoms with Crippen LogP contribution < -0.4 is 0 Å². The van der Waals surface area contributed by atoms with Gasteiger partial charge in [-0.25, -0.2) is 0 Å². The number of hydrogen-bond donors (Lipinski definition) is 0. The predicted octanol–water partition coefficient (Wildman–Crippen LogP) is 4.38. The first-order valence-corrected chi connectivity index (χ1v) is 7.83. The molecule has 2 aromatic carbocycles. The second kappa shape index (κ2) is 4.22. The first-order chi connectivity index (χ1) is 10.4. The van der Waals surface area contributed by atoms with Crippen molar-refractivity contribution < 1.29 is 9.53 Å². The van der Waals surface area contributed by atoms with Gasteiger partial charge in [-0.05, 0) is 49.1 Å². The fraction of sp³-hybridized carbons (Fsp3) is 0.350. The van der Waals surface area contributed by atoms with Crippen LogP contribution in [0.5, 0.6) is 0 Å². The van der Waals surface area contributed by atoms with Crippen molar-refractivity contribution in [3.63, 3.8) is 0 Å². The second-order valence-corrected chi connectivity index (χ2v) is 7.21. The Morgan fingerprint density at radius 1 is 1.14 bits per heavy atom. The van der Waals surface area contributed by atoms with Crippen LogP contribution in [0.1, 0.15) is 32.3 Å². The Morgan fingerprint density at radius 2 is 1.86 bits per heavy atom. The quantitative estimate of drug-likeness (QED) is 0.576. The van der Waals surface area contributed by atoms with Gasteiger partial charge in [0.05, 0.1) is 0 Å². The molecule has 4 rings (SSSR count). The van der Waals surface area contributed by atoms with Crippen LogP contribution in [-0.2, 0) is 14.9 Å². The molecule has 0 radical (unpaired) electrons. The number of ether oxygens (including phenoxy) is 1. The zero-order chi connectivity index (χ0) is 15.5. The molecule has 0 N–H and O–H groups in total. The maximum absolute atomic E-state index is 12.8. The standard InChI is InChI=1S/C20H20O2/c1-13-10-17-19(2,3)22-18(21)20(17,12-13)16-9-8-14-6-4-5-7-15(14)11-16/h4-9,11,17H,1,10,12H2,2-3H3/t17-,20-/m1/s1. The molecule has 2 aliphatic rings. The van der Waals surface area contributed by atoms with Crippen LogP contribution in [0.2, 0.25) is 0 Å². The number of benzene rings is 2. The minimum absolute atomic E-state index is 0.0866. The van der Waals surface area contributed by atoms with Gasteiger partial charge in [0.2, 0.25) is 0 Å². The molecule has 1 aliphatic heterocycles. The number of fused-ring (bicyclic) bond motifs is 2. The first kappa shape index (κ1) is 13.6. The summed E-state index contributed by atoms with van der Waals surface area (Å²) < 4.78 is 5.75. The number of carbonyl (C=O) groups is 1. The van der Waals surface area contributed by atoms with Crippen molar-refractivity contribution in [2.24, 2.45) is 5.92 Å². The predicted molar refractivity (Wildman–Crippen MR) is 87.7 cm³/mol. The molecular weight excluding hydrogens is 272 g/mol. The molecule has 0 spiro atoms. The van der Waals surface area contributed by atoms with Gasteiger partial charge in [0.25, 0.3) is 0 Å². The minimum Gasteiger partial charge on any atom is -0.459 e. The lowest BCUT2D eigenvalue weighted by Crippen LogP contribution is -2.37. The number of carbonyl (C=O) groups excluding carboxylic acids is 1. The van der Waals surface area contributed by atoms with Crippen LogP contribution in [0.4, 0.5) is 0 Å². The Bertz CT molecular complexity index is 802. The second-order valence-electron chi connectivity index (χ2n) is 7.21. The number of allylic oxidation sites excluding steroid dienone is 1. The van der Waals surface area contributed by atoms with Gasteiger partial charge in [-0.1, -0.05) is 48.6 Å². The summed E-state index contributed by atoms with van der Waals surface area (Å²) in [6.45, 7) is 8.21. The lowest BCUT2D eigenvalue weighted by atomic mass is 9.69. The van der Waals surface area contributed by atoms with E-state index in [4.69, 9.17) is 4.74 Å². The Labute approximate surface area is 130 Å².